The highest BCUT2D eigenvalue weighted by Crippen LogP contribution is 2.25. The standard InChI is InChI=1S/C21H29N5OS/c1-16(20(27)22-18-10-11-18)28-21-24-23-19(15-25-12-6-3-7-13-25)26(21)14-17-8-4-2-5-9-17/h2,4-5,8-9,16,18H,3,6-7,10-15H2,1H3,(H,22,27)/p+1/t16-/m1/s1. The zero-order chi connectivity index (χ0) is 19.3. The molecule has 1 amide bonds. The molecular formula is C21H30N5OS+. The number of carbonyl (C=O) groups excluding carboxylic acids is 1. The molecule has 7 heteroatoms. The molecule has 1 aromatic heterocycles. The highest BCUT2D eigenvalue weighted by atomic mass is 32.2. The molecule has 0 spiro atoms. The van der Waals surface area contributed by atoms with Crippen LogP contribution in [-0.4, -0.2) is 45.1 Å². The minimum absolute atomic E-state index is 0.102. The number of aromatic nitrogens is 3. The summed E-state index contributed by atoms with van der Waals surface area (Å²) in [6.07, 6.45) is 6.14. The minimum Gasteiger partial charge on any atom is -0.352 e. The van der Waals surface area contributed by atoms with Crippen molar-refractivity contribution in [3.05, 3.63) is 41.7 Å². The van der Waals surface area contributed by atoms with Gasteiger partial charge in [0.05, 0.1) is 24.9 Å². The van der Waals surface area contributed by atoms with Gasteiger partial charge in [-0.15, -0.1) is 10.2 Å². The Bertz CT molecular complexity index is 783. The second kappa shape index (κ2) is 9.09. The fourth-order valence-corrected chi connectivity index (χ4v) is 4.55. The lowest BCUT2D eigenvalue weighted by Crippen LogP contribution is -3.11. The second-order valence-corrected chi connectivity index (χ2v) is 9.31. The Morgan fingerprint density at radius 1 is 1.21 bits per heavy atom. The Balaban J connectivity index is 1.51. The predicted molar refractivity (Wildman–Crippen MR) is 110 cm³/mol. The normalized spacial score (nSPS) is 18.8. The van der Waals surface area contributed by atoms with Crippen molar-refractivity contribution in [3.8, 4) is 0 Å². The molecule has 6 nitrogen and oxygen atoms in total. The van der Waals surface area contributed by atoms with Crippen LogP contribution in [0.5, 0.6) is 0 Å². The molecule has 0 unspecified atom stereocenters. The van der Waals surface area contributed by atoms with Gasteiger partial charge in [0.25, 0.3) is 0 Å². The van der Waals surface area contributed by atoms with E-state index in [1.807, 2.05) is 13.0 Å². The average molecular weight is 401 g/mol. The van der Waals surface area contributed by atoms with E-state index < -0.39 is 0 Å². The first-order chi connectivity index (χ1) is 13.7. The van der Waals surface area contributed by atoms with E-state index in [2.05, 4.69) is 44.3 Å². The number of hydrogen-bond acceptors (Lipinski definition) is 4. The van der Waals surface area contributed by atoms with E-state index in [4.69, 9.17) is 0 Å². The topological polar surface area (TPSA) is 64.2 Å². The van der Waals surface area contributed by atoms with Crippen molar-refractivity contribution in [2.45, 2.75) is 68.6 Å². The molecule has 150 valence electrons. The van der Waals surface area contributed by atoms with Gasteiger partial charge in [-0.1, -0.05) is 42.1 Å². The number of nitrogens with one attached hydrogen (secondary N) is 2. The summed E-state index contributed by atoms with van der Waals surface area (Å²) in [5.41, 5.74) is 1.23. The predicted octanol–water partition coefficient (Wildman–Crippen LogP) is 1.65. The Morgan fingerprint density at radius 2 is 1.96 bits per heavy atom. The molecule has 2 aromatic rings. The molecule has 0 radical (unpaired) electrons. The van der Waals surface area contributed by atoms with Gasteiger partial charge in [0.2, 0.25) is 5.91 Å². The summed E-state index contributed by atoms with van der Waals surface area (Å²) in [6, 6.07) is 10.8. The van der Waals surface area contributed by atoms with Gasteiger partial charge in [0.1, 0.15) is 6.54 Å². The van der Waals surface area contributed by atoms with Gasteiger partial charge < -0.3 is 10.2 Å². The van der Waals surface area contributed by atoms with Crippen molar-refractivity contribution >= 4 is 17.7 Å². The number of piperidine rings is 1. The second-order valence-electron chi connectivity index (χ2n) is 8.00. The van der Waals surface area contributed by atoms with Gasteiger partial charge in [-0.3, -0.25) is 9.36 Å². The molecule has 1 aliphatic carbocycles. The molecule has 2 fully saturated rings. The first-order valence-electron chi connectivity index (χ1n) is 10.5. The maximum atomic E-state index is 12.4. The number of rotatable bonds is 8. The number of likely N-dealkylation sites (tertiary alicyclic amines) is 1. The minimum atomic E-state index is -0.172. The molecule has 1 saturated heterocycles. The van der Waals surface area contributed by atoms with E-state index in [-0.39, 0.29) is 11.2 Å². The lowest BCUT2D eigenvalue weighted by Gasteiger charge is -2.23. The third-order valence-corrected chi connectivity index (χ3v) is 6.60. The molecule has 1 atom stereocenters. The molecule has 1 saturated carbocycles. The summed E-state index contributed by atoms with van der Waals surface area (Å²) in [6.45, 7) is 6.03. The van der Waals surface area contributed by atoms with Crippen molar-refractivity contribution in [1.29, 1.82) is 0 Å². The van der Waals surface area contributed by atoms with Gasteiger partial charge >= 0.3 is 0 Å². The third-order valence-electron chi connectivity index (χ3n) is 5.52. The summed E-state index contributed by atoms with van der Waals surface area (Å²) in [5.74, 6) is 1.13. The number of benzene rings is 1. The Morgan fingerprint density at radius 3 is 2.68 bits per heavy atom. The van der Waals surface area contributed by atoms with Gasteiger partial charge in [-0.05, 0) is 44.6 Å². The van der Waals surface area contributed by atoms with E-state index in [0.717, 1.165) is 36.9 Å². The van der Waals surface area contributed by atoms with Crippen molar-refractivity contribution in [3.63, 3.8) is 0 Å². The quantitative estimate of drug-likeness (QED) is 0.662. The van der Waals surface area contributed by atoms with Gasteiger partial charge in [-0.2, -0.15) is 0 Å². The van der Waals surface area contributed by atoms with Crippen LogP contribution in [-0.2, 0) is 17.9 Å². The van der Waals surface area contributed by atoms with E-state index >= 15 is 0 Å². The van der Waals surface area contributed by atoms with Gasteiger partial charge in [0, 0.05) is 6.04 Å². The largest absolute Gasteiger partial charge is 0.352 e. The van der Waals surface area contributed by atoms with Crippen LogP contribution in [0.25, 0.3) is 0 Å². The summed E-state index contributed by atoms with van der Waals surface area (Å²) in [5, 5.41) is 12.8. The van der Waals surface area contributed by atoms with Crippen LogP contribution in [0.1, 0.15) is 50.4 Å². The van der Waals surface area contributed by atoms with E-state index in [1.54, 1.807) is 4.90 Å². The molecule has 2 heterocycles. The molecule has 1 aromatic carbocycles. The highest BCUT2D eigenvalue weighted by molar-refractivity contribution is 8.00. The molecule has 4 rings (SSSR count). The number of quaternary nitrogens is 1. The zero-order valence-electron chi connectivity index (χ0n) is 16.6. The summed E-state index contributed by atoms with van der Waals surface area (Å²) < 4.78 is 2.21. The van der Waals surface area contributed by atoms with Crippen LogP contribution in [0.3, 0.4) is 0 Å². The maximum absolute atomic E-state index is 12.4. The monoisotopic (exact) mass is 400 g/mol. The van der Waals surface area contributed by atoms with Crippen LogP contribution in [0.2, 0.25) is 0 Å². The lowest BCUT2D eigenvalue weighted by molar-refractivity contribution is -0.919. The van der Waals surface area contributed by atoms with E-state index in [9.17, 15) is 4.79 Å². The Hall–Kier alpha value is -1.86. The van der Waals surface area contributed by atoms with Crippen LogP contribution < -0.4 is 10.2 Å². The number of hydrogen-bond donors (Lipinski definition) is 2. The number of carbonyl (C=O) groups is 1. The van der Waals surface area contributed by atoms with E-state index in [1.165, 1.54) is 49.7 Å². The van der Waals surface area contributed by atoms with Crippen molar-refractivity contribution in [1.82, 2.24) is 20.1 Å². The van der Waals surface area contributed by atoms with Crippen molar-refractivity contribution in [2.24, 2.45) is 0 Å². The summed E-state index contributed by atoms with van der Waals surface area (Å²) >= 11 is 1.52. The number of thioether (sulfide) groups is 1. The number of amides is 1. The fourth-order valence-electron chi connectivity index (χ4n) is 3.67. The molecule has 0 bridgehead atoms. The van der Waals surface area contributed by atoms with E-state index in [0.29, 0.717) is 6.04 Å². The highest BCUT2D eigenvalue weighted by Gasteiger charge is 2.28. The maximum Gasteiger partial charge on any atom is 0.233 e. The Kier molecular flexibility index (Phi) is 6.32. The van der Waals surface area contributed by atoms with Crippen molar-refractivity contribution < 1.29 is 9.69 Å². The smallest absolute Gasteiger partial charge is 0.233 e. The first-order valence-corrected chi connectivity index (χ1v) is 11.3. The molecular weight excluding hydrogens is 370 g/mol. The average Bonchev–Trinajstić information content (AvgIpc) is 3.47. The fraction of sp³-hybridized carbons (Fsp3) is 0.571. The zero-order valence-corrected chi connectivity index (χ0v) is 17.4. The summed E-state index contributed by atoms with van der Waals surface area (Å²) in [7, 11) is 0. The van der Waals surface area contributed by atoms with Crippen molar-refractivity contribution in [2.75, 3.05) is 13.1 Å². The van der Waals surface area contributed by atoms with Crippen LogP contribution in [0.15, 0.2) is 35.5 Å². The van der Waals surface area contributed by atoms with Crippen LogP contribution in [0.4, 0.5) is 0 Å². The van der Waals surface area contributed by atoms with Crippen LogP contribution >= 0.6 is 11.8 Å². The molecule has 1 aliphatic heterocycles. The number of nitrogens with zero attached hydrogens (tertiary/aromatic N) is 3. The molecule has 28 heavy (non-hydrogen) atoms. The Labute approximate surface area is 171 Å². The molecule has 2 N–H and O–H groups in total. The lowest BCUT2D eigenvalue weighted by atomic mass is 10.1. The summed E-state index contributed by atoms with van der Waals surface area (Å²) in [4.78, 5) is 14.0. The third kappa shape index (κ3) is 5.14. The molecule has 2 aliphatic rings. The van der Waals surface area contributed by atoms with Gasteiger partial charge in [-0.25, -0.2) is 0 Å². The SMILES string of the molecule is C[C@@H](Sc1nnc(C[NH+]2CCCCC2)n1Cc1ccccc1)C(=O)NC1CC1. The van der Waals surface area contributed by atoms with Gasteiger partial charge in [0.15, 0.2) is 11.0 Å². The first kappa shape index (κ1) is 19.5. The van der Waals surface area contributed by atoms with Crippen LogP contribution in [0, 0.1) is 0 Å².